The molecule has 0 radical (unpaired) electrons. The van der Waals surface area contributed by atoms with Gasteiger partial charge in [0.15, 0.2) is 0 Å². The quantitative estimate of drug-likeness (QED) is 0.633. The topological polar surface area (TPSA) is 0 Å². The van der Waals surface area contributed by atoms with Crippen molar-refractivity contribution in [1.82, 2.24) is 0 Å². The summed E-state index contributed by atoms with van der Waals surface area (Å²) >= 11 is 3.77. The summed E-state index contributed by atoms with van der Waals surface area (Å²) in [6.07, 6.45) is 0. The molecule has 0 aliphatic rings. The van der Waals surface area contributed by atoms with Gasteiger partial charge in [0.25, 0.3) is 0 Å². The molecule has 0 N–H and O–H groups in total. The predicted molar refractivity (Wildman–Crippen MR) is 67.0 cm³/mol. The van der Waals surface area contributed by atoms with E-state index >= 15 is 0 Å². The molecule has 0 nitrogen and oxygen atoms in total. The lowest BCUT2D eigenvalue weighted by molar-refractivity contribution is 0.407. The van der Waals surface area contributed by atoms with Gasteiger partial charge < -0.3 is 0 Å². The number of rotatable bonds is 1. The van der Waals surface area contributed by atoms with Gasteiger partial charge in [0, 0.05) is 4.83 Å². The third kappa shape index (κ3) is 2.60. The van der Waals surface area contributed by atoms with E-state index in [-0.39, 0.29) is 5.41 Å². The van der Waals surface area contributed by atoms with Gasteiger partial charge in [-0.05, 0) is 36.0 Å². The van der Waals surface area contributed by atoms with Crippen molar-refractivity contribution in [3.8, 4) is 0 Å². The van der Waals surface area contributed by atoms with Gasteiger partial charge in [0.2, 0.25) is 0 Å². The third-order valence-corrected chi connectivity index (χ3v) is 4.49. The molecule has 1 heteroatoms. The Hall–Kier alpha value is -0.300. The molecule has 0 aromatic heterocycles. The van der Waals surface area contributed by atoms with Crippen molar-refractivity contribution in [3.05, 3.63) is 34.9 Å². The molecule has 1 atom stereocenters. The maximum Gasteiger partial charge on any atom is 0.0443 e. The summed E-state index contributed by atoms with van der Waals surface area (Å²) in [5, 5.41) is 0. The fourth-order valence-corrected chi connectivity index (χ4v) is 1.71. The van der Waals surface area contributed by atoms with Crippen molar-refractivity contribution in [3.63, 3.8) is 0 Å². The summed E-state index contributed by atoms with van der Waals surface area (Å²) in [7, 11) is 0. The van der Waals surface area contributed by atoms with E-state index in [4.69, 9.17) is 0 Å². The molecular formula is C13H19Br. The Bertz CT molecular complexity index is 320. The summed E-state index contributed by atoms with van der Waals surface area (Å²) in [4.78, 5) is 0.425. The second-order valence-electron chi connectivity index (χ2n) is 5.07. The van der Waals surface area contributed by atoms with E-state index in [0.29, 0.717) is 4.83 Å². The minimum atomic E-state index is 0.266. The van der Waals surface area contributed by atoms with Gasteiger partial charge in [-0.1, -0.05) is 54.9 Å². The fourth-order valence-electron chi connectivity index (χ4n) is 1.42. The van der Waals surface area contributed by atoms with E-state index in [1.54, 1.807) is 0 Å². The largest absolute Gasteiger partial charge is 0.0833 e. The van der Waals surface area contributed by atoms with Crippen LogP contribution in [0.25, 0.3) is 0 Å². The summed E-state index contributed by atoms with van der Waals surface area (Å²) in [6.45, 7) is 11.1. The molecule has 0 saturated carbocycles. The van der Waals surface area contributed by atoms with E-state index < -0.39 is 0 Å². The Morgan fingerprint density at radius 3 is 2.07 bits per heavy atom. The molecule has 0 spiro atoms. The molecular weight excluding hydrogens is 236 g/mol. The molecule has 1 aromatic rings. The number of hydrogen-bond acceptors (Lipinski definition) is 0. The van der Waals surface area contributed by atoms with Crippen molar-refractivity contribution in [2.45, 2.75) is 39.4 Å². The van der Waals surface area contributed by atoms with Crippen LogP contribution in [0.2, 0.25) is 0 Å². The zero-order chi connectivity index (χ0) is 10.9. The second kappa shape index (κ2) is 4.06. The Morgan fingerprint density at radius 1 is 1.07 bits per heavy atom. The van der Waals surface area contributed by atoms with E-state index in [9.17, 15) is 0 Å². The monoisotopic (exact) mass is 254 g/mol. The van der Waals surface area contributed by atoms with Crippen molar-refractivity contribution in [2.24, 2.45) is 5.41 Å². The number of halogens is 1. The number of aryl methyl sites for hydroxylation is 2. The minimum Gasteiger partial charge on any atom is -0.0833 e. The first-order chi connectivity index (χ1) is 6.32. The molecule has 0 aliphatic carbocycles. The molecule has 0 fully saturated rings. The SMILES string of the molecule is Cc1ccc(C(Br)C(C)(C)C)cc1C. The first-order valence-corrected chi connectivity index (χ1v) is 5.95. The Morgan fingerprint density at radius 2 is 1.64 bits per heavy atom. The normalized spacial score (nSPS) is 14.1. The van der Waals surface area contributed by atoms with Crippen molar-refractivity contribution in [2.75, 3.05) is 0 Å². The van der Waals surface area contributed by atoms with Crippen LogP contribution in [-0.2, 0) is 0 Å². The fraction of sp³-hybridized carbons (Fsp3) is 0.538. The van der Waals surface area contributed by atoms with Gasteiger partial charge in [0.05, 0.1) is 0 Å². The molecule has 14 heavy (non-hydrogen) atoms. The molecule has 0 heterocycles. The predicted octanol–water partition coefficient (Wildman–Crippen LogP) is 4.79. The van der Waals surface area contributed by atoms with E-state index in [1.807, 2.05) is 0 Å². The van der Waals surface area contributed by atoms with Gasteiger partial charge in [-0.3, -0.25) is 0 Å². The maximum atomic E-state index is 3.77. The Labute approximate surface area is 95.9 Å². The van der Waals surface area contributed by atoms with Crippen LogP contribution in [0.5, 0.6) is 0 Å². The van der Waals surface area contributed by atoms with E-state index in [2.05, 4.69) is 68.7 Å². The van der Waals surface area contributed by atoms with Crippen LogP contribution in [0.15, 0.2) is 18.2 Å². The van der Waals surface area contributed by atoms with Gasteiger partial charge >= 0.3 is 0 Å². The van der Waals surface area contributed by atoms with Gasteiger partial charge in [-0.15, -0.1) is 0 Å². The average molecular weight is 255 g/mol. The van der Waals surface area contributed by atoms with Crippen LogP contribution in [0.1, 0.15) is 42.3 Å². The number of hydrogen-bond donors (Lipinski definition) is 0. The summed E-state index contributed by atoms with van der Waals surface area (Å²) in [5.41, 5.74) is 4.38. The number of alkyl halides is 1. The van der Waals surface area contributed by atoms with Crippen LogP contribution in [0.3, 0.4) is 0 Å². The lowest BCUT2D eigenvalue weighted by Gasteiger charge is -2.26. The minimum absolute atomic E-state index is 0.266. The van der Waals surface area contributed by atoms with Gasteiger partial charge in [-0.25, -0.2) is 0 Å². The van der Waals surface area contributed by atoms with Crippen LogP contribution in [-0.4, -0.2) is 0 Å². The van der Waals surface area contributed by atoms with Crippen molar-refractivity contribution < 1.29 is 0 Å². The second-order valence-corrected chi connectivity index (χ2v) is 5.99. The summed E-state index contributed by atoms with van der Waals surface area (Å²) in [5.74, 6) is 0. The van der Waals surface area contributed by atoms with Gasteiger partial charge in [0.1, 0.15) is 0 Å². The first kappa shape index (κ1) is 11.8. The zero-order valence-electron chi connectivity index (χ0n) is 9.69. The molecule has 1 aromatic carbocycles. The van der Waals surface area contributed by atoms with Crippen molar-refractivity contribution >= 4 is 15.9 Å². The highest BCUT2D eigenvalue weighted by atomic mass is 79.9. The first-order valence-electron chi connectivity index (χ1n) is 5.03. The molecule has 78 valence electrons. The summed E-state index contributed by atoms with van der Waals surface area (Å²) < 4.78 is 0. The number of benzene rings is 1. The molecule has 0 bridgehead atoms. The van der Waals surface area contributed by atoms with E-state index in [1.165, 1.54) is 16.7 Å². The lowest BCUT2D eigenvalue weighted by Crippen LogP contribution is -2.12. The standard InChI is InChI=1S/C13H19Br/c1-9-6-7-11(8-10(9)2)12(14)13(3,4)5/h6-8,12H,1-5H3. The highest BCUT2D eigenvalue weighted by Crippen LogP contribution is 2.40. The Kier molecular flexibility index (Phi) is 3.41. The molecule has 1 rings (SSSR count). The van der Waals surface area contributed by atoms with Crippen LogP contribution in [0, 0.1) is 19.3 Å². The Balaban J connectivity index is 3.03. The van der Waals surface area contributed by atoms with E-state index in [0.717, 1.165) is 0 Å². The summed E-state index contributed by atoms with van der Waals surface area (Å²) in [6, 6.07) is 6.69. The molecule has 0 amide bonds. The maximum absolute atomic E-state index is 3.77. The lowest BCUT2D eigenvalue weighted by atomic mass is 9.87. The van der Waals surface area contributed by atoms with Gasteiger partial charge in [-0.2, -0.15) is 0 Å². The molecule has 0 aliphatic heterocycles. The van der Waals surface area contributed by atoms with Crippen LogP contribution in [0.4, 0.5) is 0 Å². The average Bonchev–Trinajstić information content (AvgIpc) is 2.07. The highest BCUT2D eigenvalue weighted by Gasteiger charge is 2.23. The van der Waals surface area contributed by atoms with Crippen LogP contribution < -0.4 is 0 Å². The zero-order valence-corrected chi connectivity index (χ0v) is 11.3. The van der Waals surface area contributed by atoms with Crippen LogP contribution >= 0.6 is 15.9 Å². The highest BCUT2D eigenvalue weighted by molar-refractivity contribution is 9.09. The molecule has 1 unspecified atom stereocenters. The van der Waals surface area contributed by atoms with Crippen molar-refractivity contribution in [1.29, 1.82) is 0 Å². The molecule has 0 saturated heterocycles. The smallest absolute Gasteiger partial charge is 0.0443 e. The third-order valence-electron chi connectivity index (χ3n) is 2.58.